The fourth-order valence-corrected chi connectivity index (χ4v) is 3.01. The lowest BCUT2D eigenvalue weighted by Crippen LogP contribution is -1.90. The van der Waals surface area contributed by atoms with Gasteiger partial charge in [-0.05, 0) is 64.2 Å². The average Bonchev–Trinajstić information content (AvgIpc) is 3.01. The molecule has 0 saturated heterocycles. The van der Waals surface area contributed by atoms with Crippen molar-refractivity contribution in [3.8, 4) is 16.9 Å². The van der Waals surface area contributed by atoms with Gasteiger partial charge in [-0.3, -0.25) is 0 Å². The largest absolute Gasteiger partial charge is 0.497 e. The molecule has 0 aromatic heterocycles. The van der Waals surface area contributed by atoms with E-state index in [4.69, 9.17) is 4.74 Å². The molecule has 3 aromatic carbocycles. The van der Waals surface area contributed by atoms with Crippen molar-refractivity contribution >= 4 is 16.5 Å². The van der Waals surface area contributed by atoms with Gasteiger partial charge in [-0.1, -0.05) is 24.3 Å². The molecule has 0 amide bonds. The van der Waals surface area contributed by atoms with Gasteiger partial charge < -0.3 is 10.1 Å². The van der Waals surface area contributed by atoms with Gasteiger partial charge in [0.1, 0.15) is 5.75 Å². The molecule has 0 bridgehead atoms. The minimum atomic E-state index is 0.902. The van der Waals surface area contributed by atoms with E-state index in [9.17, 15) is 0 Å². The molecule has 104 valence electrons. The number of nitrogens with one attached hydrogen (secondary N) is 1. The third-order valence-corrected chi connectivity index (χ3v) is 4.20. The minimum Gasteiger partial charge on any atom is -0.497 e. The average molecular weight is 275 g/mol. The Kier molecular flexibility index (Phi) is 2.81. The summed E-state index contributed by atoms with van der Waals surface area (Å²) in [5.74, 6) is 0.902. The summed E-state index contributed by atoms with van der Waals surface area (Å²) in [6.07, 6.45) is 1.12. The number of benzene rings is 3. The second-order valence-corrected chi connectivity index (χ2v) is 5.48. The van der Waals surface area contributed by atoms with Crippen molar-refractivity contribution < 1.29 is 4.74 Å². The monoisotopic (exact) mass is 275 g/mol. The molecule has 0 spiro atoms. The zero-order valence-electron chi connectivity index (χ0n) is 12.0. The summed E-state index contributed by atoms with van der Waals surface area (Å²) >= 11 is 0. The van der Waals surface area contributed by atoms with Crippen molar-refractivity contribution in [1.29, 1.82) is 0 Å². The second kappa shape index (κ2) is 4.81. The Labute approximate surface area is 124 Å². The van der Waals surface area contributed by atoms with Gasteiger partial charge in [0.25, 0.3) is 0 Å². The normalized spacial score (nSPS) is 13.0. The van der Waals surface area contributed by atoms with E-state index in [2.05, 4.69) is 53.8 Å². The van der Waals surface area contributed by atoms with Crippen LogP contribution >= 0.6 is 0 Å². The van der Waals surface area contributed by atoms with Crippen LogP contribution in [-0.4, -0.2) is 13.7 Å². The van der Waals surface area contributed by atoms with Gasteiger partial charge in [-0.25, -0.2) is 0 Å². The van der Waals surface area contributed by atoms with E-state index < -0.39 is 0 Å². The van der Waals surface area contributed by atoms with Crippen molar-refractivity contribution in [2.75, 3.05) is 19.0 Å². The summed E-state index contributed by atoms with van der Waals surface area (Å²) in [5.41, 5.74) is 5.25. The first-order valence-electron chi connectivity index (χ1n) is 7.28. The van der Waals surface area contributed by atoms with Crippen molar-refractivity contribution in [2.24, 2.45) is 0 Å². The number of fused-ring (bicyclic) bond motifs is 2. The molecular weight excluding hydrogens is 258 g/mol. The molecule has 1 aliphatic rings. The molecule has 2 heteroatoms. The molecule has 0 saturated carbocycles. The third kappa shape index (κ3) is 2.13. The van der Waals surface area contributed by atoms with Crippen LogP contribution < -0.4 is 10.1 Å². The maximum atomic E-state index is 5.28. The Balaban J connectivity index is 1.80. The van der Waals surface area contributed by atoms with Gasteiger partial charge in [0.15, 0.2) is 0 Å². The fourth-order valence-electron chi connectivity index (χ4n) is 3.01. The highest BCUT2D eigenvalue weighted by Gasteiger charge is 2.10. The van der Waals surface area contributed by atoms with Crippen LogP contribution in [0.1, 0.15) is 5.56 Å². The van der Waals surface area contributed by atoms with Crippen molar-refractivity contribution in [1.82, 2.24) is 0 Å². The topological polar surface area (TPSA) is 21.3 Å². The van der Waals surface area contributed by atoms with Gasteiger partial charge >= 0.3 is 0 Å². The van der Waals surface area contributed by atoms with E-state index in [-0.39, 0.29) is 0 Å². The van der Waals surface area contributed by atoms with Crippen LogP contribution in [0.2, 0.25) is 0 Å². The predicted octanol–water partition coefficient (Wildman–Crippen LogP) is 4.48. The summed E-state index contributed by atoms with van der Waals surface area (Å²) in [6, 6.07) is 19.5. The number of rotatable bonds is 2. The van der Waals surface area contributed by atoms with Crippen LogP contribution in [0, 0.1) is 0 Å². The molecule has 3 aromatic rings. The Morgan fingerprint density at radius 2 is 1.62 bits per heavy atom. The molecule has 0 aliphatic carbocycles. The lowest BCUT2D eigenvalue weighted by atomic mass is 9.99. The third-order valence-electron chi connectivity index (χ3n) is 4.20. The second-order valence-electron chi connectivity index (χ2n) is 5.48. The van der Waals surface area contributed by atoms with Crippen molar-refractivity contribution in [2.45, 2.75) is 6.42 Å². The van der Waals surface area contributed by atoms with Crippen LogP contribution in [-0.2, 0) is 6.42 Å². The molecule has 0 fully saturated rings. The molecule has 1 aliphatic heterocycles. The van der Waals surface area contributed by atoms with Crippen LogP contribution in [0.25, 0.3) is 21.9 Å². The van der Waals surface area contributed by atoms with E-state index in [1.807, 2.05) is 6.07 Å². The molecule has 0 unspecified atom stereocenters. The standard InChI is InChI=1S/C19H17NO/c1-21-18-6-4-14-10-13(2-3-16(14)12-18)15-5-7-19-17(11-15)8-9-20-19/h2-7,10-12,20H,8-9H2,1H3. The summed E-state index contributed by atoms with van der Waals surface area (Å²) < 4.78 is 5.28. The summed E-state index contributed by atoms with van der Waals surface area (Å²) in [6.45, 7) is 1.05. The molecule has 0 atom stereocenters. The summed E-state index contributed by atoms with van der Waals surface area (Å²) in [5, 5.41) is 5.86. The van der Waals surface area contributed by atoms with Gasteiger partial charge in [-0.15, -0.1) is 0 Å². The van der Waals surface area contributed by atoms with Gasteiger partial charge in [0.2, 0.25) is 0 Å². The predicted molar refractivity (Wildman–Crippen MR) is 88.1 cm³/mol. The number of methoxy groups -OCH3 is 1. The molecule has 0 radical (unpaired) electrons. The SMILES string of the molecule is COc1ccc2cc(-c3ccc4c(c3)CCN4)ccc2c1. The number of hydrogen-bond acceptors (Lipinski definition) is 2. The van der Waals surface area contributed by atoms with Crippen LogP contribution in [0.4, 0.5) is 5.69 Å². The smallest absolute Gasteiger partial charge is 0.119 e. The lowest BCUT2D eigenvalue weighted by molar-refractivity contribution is 0.415. The molecule has 21 heavy (non-hydrogen) atoms. The summed E-state index contributed by atoms with van der Waals surface area (Å²) in [4.78, 5) is 0. The van der Waals surface area contributed by atoms with Crippen molar-refractivity contribution in [3.63, 3.8) is 0 Å². The van der Waals surface area contributed by atoms with E-state index in [0.717, 1.165) is 18.7 Å². The van der Waals surface area contributed by atoms with Crippen LogP contribution in [0.3, 0.4) is 0 Å². The Morgan fingerprint density at radius 3 is 2.52 bits per heavy atom. The van der Waals surface area contributed by atoms with E-state index >= 15 is 0 Å². The molecule has 2 nitrogen and oxygen atoms in total. The quantitative estimate of drug-likeness (QED) is 0.744. The lowest BCUT2D eigenvalue weighted by Gasteiger charge is -2.08. The Hall–Kier alpha value is -2.48. The minimum absolute atomic E-state index is 0.902. The van der Waals surface area contributed by atoms with Gasteiger partial charge in [-0.2, -0.15) is 0 Å². The number of anilines is 1. The van der Waals surface area contributed by atoms with Gasteiger partial charge in [0, 0.05) is 12.2 Å². The van der Waals surface area contributed by atoms with E-state index in [0.29, 0.717) is 0 Å². The van der Waals surface area contributed by atoms with Crippen molar-refractivity contribution in [3.05, 3.63) is 60.2 Å². The first kappa shape index (κ1) is 12.3. The molecule has 1 heterocycles. The zero-order chi connectivity index (χ0) is 14.2. The molecule has 4 rings (SSSR count). The Bertz CT molecular complexity index is 823. The highest BCUT2D eigenvalue weighted by molar-refractivity contribution is 5.88. The van der Waals surface area contributed by atoms with E-state index in [1.165, 1.54) is 33.2 Å². The summed E-state index contributed by atoms with van der Waals surface area (Å²) in [7, 11) is 1.70. The Morgan fingerprint density at radius 1 is 0.857 bits per heavy atom. The highest BCUT2D eigenvalue weighted by atomic mass is 16.5. The maximum Gasteiger partial charge on any atom is 0.119 e. The fraction of sp³-hybridized carbons (Fsp3) is 0.158. The molecular formula is C19H17NO. The first-order chi connectivity index (χ1) is 10.3. The maximum absolute atomic E-state index is 5.28. The highest BCUT2D eigenvalue weighted by Crippen LogP contribution is 2.31. The molecule has 1 N–H and O–H groups in total. The van der Waals surface area contributed by atoms with Gasteiger partial charge in [0.05, 0.1) is 7.11 Å². The van der Waals surface area contributed by atoms with Crippen LogP contribution in [0.15, 0.2) is 54.6 Å². The first-order valence-corrected chi connectivity index (χ1v) is 7.28. The van der Waals surface area contributed by atoms with E-state index in [1.54, 1.807) is 7.11 Å². The number of hydrogen-bond donors (Lipinski definition) is 1. The van der Waals surface area contributed by atoms with Crippen LogP contribution in [0.5, 0.6) is 5.75 Å². The number of ether oxygens (including phenoxy) is 1. The zero-order valence-corrected chi connectivity index (χ0v) is 12.0.